The number of aliphatic hydroxyl groups is 2. The maximum absolute atomic E-state index is 12.8. The Morgan fingerprint density at radius 3 is 2.65 bits per heavy atom. The Hall–Kier alpha value is -4.14. The van der Waals surface area contributed by atoms with Gasteiger partial charge in [0.1, 0.15) is 17.2 Å². The highest BCUT2D eigenvalue weighted by Gasteiger charge is 2.12. The Labute approximate surface area is 195 Å². The van der Waals surface area contributed by atoms with Crippen molar-refractivity contribution in [3.8, 4) is 22.9 Å². The molecule has 3 N–H and O–H groups in total. The predicted octanol–water partition coefficient (Wildman–Crippen LogP) is 3.62. The third-order valence-corrected chi connectivity index (χ3v) is 5.43. The average molecular weight is 460 g/mol. The number of aromatic amines is 1. The van der Waals surface area contributed by atoms with E-state index in [1.165, 1.54) is 17.8 Å². The lowest BCUT2D eigenvalue weighted by Gasteiger charge is -2.12. The summed E-state index contributed by atoms with van der Waals surface area (Å²) in [6, 6.07) is 13.7. The molecule has 4 rings (SSSR count). The first kappa shape index (κ1) is 23.0. The van der Waals surface area contributed by atoms with Crippen LogP contribution in [0, 0.1) is 6.92 Å². The topological polar surface area (TPSA) is 118 Å². The number of hydrogen-bond acceptors (Lipinski definition) is 6. The highest BCUT2D eigenvalue weighted by Crippen LogP contribution is 2.26. The fourth-order valence-electron chi connectivity index (χ4n) is 3.69. The number of ether oxygens (including phenoxy) is 1. The molecule has 0 saturated heterocycles. The minimum atomic E-state index is -0.350. The molecule has 0 bridgehead atoms. The van der Waals surface area contributed by atoms with Gasteiger partial charge < -0.3 is 24.4 Å². The molecule has 2 heterocycles. The molecule has 0 unspecified atom stereocenters. The van der Waals surface area contributed by atoms with Gasteiger partial charge >= 0.3 is 5.69 Å². The van der Waals surface area contributed by atoms with E-state index in [0.29, 0.717) is 45.1 Å². The van der Waals surface area contributed by atoms with E-state index >= 15 is 0 Å². The van der Waals surface area contributed by atoms with Crippen molar-refractivity contribution in [3.63, 3.8) is 0 Å². The number of aryl methyl sites for hydroxylation is 1. The van der Waals surface area contributed by atoms with Crippen LogP contribution >= 0.6 is 0 Å². The standard InChI is InChI=1S/C26H24N2O6/c1-16-6-9-24(34-16)22-13-28(26(32)27-22)20-5-3-4-18(12-20)23(31)8-7-17-10-19(14-29)21(15-30)25(11-17)33-2/h3-13,29-30H,14-15H2,1-2H3,(H,27,32)/b8-7+. The number of methoxy groups -OCH3 is 1. The van der Waals surface area contributed by atoms with Gasteiger partial charge in [0, 0.05) is 17.3 Å². The van der Waals surface area contributed by atoms with Gasteiger partial charge in [-0.15, -0.1) is 0 Å². The molecule has 8 nitrogen and oxygen atoms in total. The first-order chi connectivity index (χ1) is 16.4. The molecule has 4 aromatic rings. The summed E-state index contributed by atoms with van der Waals surface area (Å²) < 4.78 is 12.3. The zero-order valence-corrected chi connectivity index (χ0v) is 18.7. The van der Waals surface area contributed by atoms with Crippen LogP contribution in [0.5, 0.6) is 5.75 Å². The number of H-pyrrole nitrogens is 1. The molecule has 0 saturated carbocycles. The Kier molecular flexibility index (Phi) is 6.62. The quantitative estimate of drug-likeness (QED) is 0.273. The second-order valence-electron chi connectivity index (χ2n) is 7.68. The van der Waals surface area contributed by atoms with Crippen molar-refractivity contribution >= 4 is 11.9 Å². The van der Waals surface area contributed by atoms with Gasteiger partial charge in [-0.1, -0.05) is 18.2 Å². The summed E-state index contributed by atoms with van der Waals surface area (Å²) in [6.45, 7) is 1.28. The van der Waals surface area contributed by atoms with Gasteiger partial charge in [-0.3, -0.25) is 9.36 Å². The number of furan rings is 1. The number of allylic oxidation sites excluding steroid dienone is 1. The van der Waals surface area contributed by atoms with E-state index in [2.05, 4.69) is 4.98 Å². The number of carbonyl (C=O) groups is 1. The first-order valence-electron chi connectivity index (χ1n) is 10.6. The van der Waals surface area contributed by atoms with Crippen LogP contribution in [0.15, 0.2) is 70.0 Å². The van der Waals surface area contributed by atoms with Crippen molar-refractivity contribution < 1.29 is 24.2 Å². The maximum Gasteiger partial charge on any atom is 0.330 e. The monoisotopic (exact) mass is 460 g/mol. The largest absolute Gasteiger partial charge is 0.496 e. The maximum atomic E-state index is 12.8. The normalized spacial score (nSPS) is 11.3. The third-order valence-electron chi connectivity index (χ3n) is 5.43. The van der Waals surface area contributed by atoms with Crippen molar-refractivity contribution in [2.75, 3.05) is 7.11 Å². The molecular formula is C26H24N2O6. The van der Waals surface area contributed by atoms with Gasteiger partial charge in [0.15, 0.2) is 11.5 Å². The minimum absolute atomic E-state index is 0.261. The molecule has 2 aromatic carbocycles. The highest BCUT2D eigenvalue weighted by atomic mass is 16.5. The number of nitrogens with one attached hydrogen (secondary N) is 1. The van der Waals surface area contributed by atoms with Crippen LogP contribution in [-0.2, 0) is 13.2 Å². The molecular weight excluding hydrogens is 436 g/mol. The van der Waals surface area contributed by atoms with E-state index in [-0.39, 0.29) is 24.7 Å². The number of aliphatic hydroxyl groups excluding tert-OH is 2. The van der Waals surface area contributed by atoms with Gasteiger partial charge in [0.05, 0.1) is 26.0 Å². The van der Waals surface area contributed by atoms with Crippen molar-refractivity contribution in [2.45, 2.75) is 20.1 Å². The lowest BCUT2D eigenvalue weighted by molar-refractivity contribution is 0.104. The summed E-state index contributed by atoms with van der Waals surface area (Å²) in [5, 5.41) is 19.1. The molecule has 0 spiro atoms. The molecule has 0 aliphatic rings. The zero-order chi connectivity index (χ0) is 24.2. The van der Waals surface area contributed by atoms with E-state index in [4.69, 9.17) is 9.15 Å². The van der Waals surface area contributed by atoms with Crippen LogP contribution < -0.4 is 10.4 Å². The zero-order valence-electron chi connectivity index (χ0n) is 18.7. The van der Waals surface area contributed by atoms with Gasteiger partial charge in [-0.25, -0.2) is 4.79 Å². The molecule has 0 fully saturated rings. The second kappa shape index (κ2) is 9.78. The molecule has 0 radical (unpaired) electrons. The Bertz CT molecular complexity index is 1400. The summed E-state index contributed by atoms with van der Waals surface area (Å²) in [5.74, 6) is 1.45. The van der Waals surface area contributed by atoms with Crippen LogP contribution in [0.3, 0.4) is 0 Å². The third kappa shape index (κ3) is 4.63. The van der Waals surface area contributed by atoms with Crippen LogP contribution in [0.25, 0.3) is 23.2 Å². The number of ketones is 1. The number of nitrogens with zero attached hydrogens (tertiary/aromatic N) is 1. The number of rotatable bonds is 8. The molecule has 0 aliphatic heterocycles. The molecule has 0 atom stereocenters. The van der Waals surface area contributed by atoms with Crippen LogP contribution in [0.2, 0.25) is 0 Å². The Morgan fingerprint density at radius 2 is 1.97 bits per heavy atom. The van der Waals surface area contributed by atoms with Crippen molar-refractivity contribution in [1.29, 1.82) is 0 Å². The van der Waals surface area contributed by atoms with Gasteiger partial charge in [-0.2, -0.15) is 0 Å². The molecule has 2 aromatic heterocycles. The van der Waals surface area contributed by atoms with Crippen LogP contribution in [0.1, 0.15) is 32.8 Å². The van der Waals surface area contributed by atoms with Gasteiger partial charge in [0.25, 0.3) is 0 Å². The van der Waals surface area contributed by atoms with Crippen LogP contribution in [0.4, 0.5) is 0 Å². The van der Waals surface area contributed by atoms with Gasteiger partial charge in [-0.05, 0) is 60.5 Å². The predicted molar refractivity (Wildman–Crippen MR) is 127 cm³/mol. The SMILES string of the molecule is COc1cc(/C=C/C(=O)c2cccc(-n3cc(-c4ccc(C)o4)[nH]c3=O)c2)cc(CO)c1CO. The van der Waals surface area contributed by atoms with Crippen molar-refractivity contribution in [3.05, 3.63) is 99.3 Å². The molecule has 0 amide bonds. The number of carbonyl (C=O) groups excluding carboxylic acids is 1. The lowest BCUT2D eigenvalue weighted by atomic mass is 10.0. The van der Waals surface area contributed by atoms with E-state index in [0.717, 1.165) is 5.76 Å². The Morgan fingerprint density at radius 1 is 1.15 bits per heavy atom. The second-order valence-corrected chi connectivity index (χ2v) is 7.68. The summed E-state index contributed by atoms with van der Waals surface area (Å²) >= 11 is 0. The minimum Gasteiger partial charge on any atom is -0.496 e. The number of hydrogen-bond donors (Lipinski definition) is 3. The number of benzene rings is 2. The van der Waals surface area contributed by atoms with Gasteiger partial charge in [0.2, 0.25) is 0 Å². The van der Waals surface area contributed by atoms with Crippen LogP contribution in [-0.4, -0.2) is 32.7 Å². The molecule has 174 valence electrons. The fraction of sp³-hybridized carbons (Fsp3) is 0.154. The number of imidazole rings is 1. The van der Waals surface area contributed by atoms with Crippen molar-refractivity contribution in [1.82, 2.24) is 9.55 Å². The van der Waals surface area contributed by atoms with E-state index < -0.39 is 0 Å². The highest BCUT2D eigenvalue weighted by molar-refractivity contribution is 6.07. The van der Waals surface area contributed by atoms with E-state index in [1.54, 1.807) is 54.7 Å². The fourth-order valence-corrected chi connectivity index (χ4v) is 3.69. The van der Waals surface area contributed by atoms with Crippen molar-refractivity contribution in [2.24, 2.45) is 0 Å². The lowest BCUT2D eigenvalue weighted by Crippen LogP contribution is -2.14. The molecule has 0 aliphatic carbocycles. The number of aromatic nitrogens is 2. The summed E-state index contributed by atoms with van der Waals surface area (Å²) in [7, 11) is 1.47. The Balaban J connectivity index is 1.60. The smallest absolute Gasteiger partial charge is 0.330 e. The average Bonchev–Trinajstić information content (AvgIpc) is 3.47. The molecule has 8 heteroatoms. The summed E-state index contributed by atoms with van der Waals surface area (Å²) in [4.78, 5) is 28.1. The van der Waals surface area contributed by atoms with E-state index in [9.17, 15) is 19.8 Å². The summed E-state index contributed by atoms with van der Waals surface area (Å²) in [5.41, 5.74) is 2.78. The first-order valence-corrected chi connectivity index (χ1v) is 10.6. The summed E-state index contributed by atoms with van der Waals surface area (Å²) in [6.07, 6.45) is 4.65. The molecule has 34 heavy (non-hydrogen) atoms. The van der Waals surface area contributed by atoms with E-state index in [1.807, 2.05) is 13.0 Å².